The maximum absolute atomic E-state index is 11.1. The Morgan fingerprint density at radius 2 is 2.18 bits per heavy atom. The predicted molar refractivity (Wildman–Crippen MR) is 59.2 cm³/mol. The molecule has 0 saturated heterocycles. The van der Waals surface area contributed by atoms with Crippen molar-refractivity contribution in [2.75, 3.05) is 6.26 Å². The van der Waals surface area contributed by atoms with Crippen LogP contribution in [0.25, 0.3) is 0 Å². The van der Waals surface area contributed by atoms with Gasteiger partial charge in [-0.1, -0.05) is 15.9 Å². The largest absolute Gasteiger partial charge is 0.612 e. The molecule has 0 aliphatic rings. The van der Waals surface area contributed by atoms with Crippen LogP contribution in [0.5, 0.6) is 0 Å². The molecule has 0 spiro atoms. The molecule has 0 radical (unpaired) electrons. The van der Waals surface area contributed by atoms with Crippen LogP contribution in [0.1, 0.15) is 0 Å². The highest BCUT2D eigenvalue weighted by molar-refractivity contribution is 14.1. The van der Waals surface area contributed by atoms with Crippen LogP contribution in [-0.4, -0.2) is 10.8 Å². The highest BCUT2D eigenvalue weighted by Crippen LogP contribution is 2.22. The number of halogens is 2. The molecule has 1 atom stereocenters. The quantitative estimate of drug-likeness (QED) is 0.567. The van der Waals surface area contributed by atoms with Crippen LogP contribution in [0.15, 0.2) is 27.6 Å². The summed E-state index contributed by atoms with van der Waals surface area (Å²) in [5, 5.41) is 0. The first-order chi connectivity index (χ1) is 5.11. The molecule has 0 amide bonds. The Morgan fingerprint density at radius 3 is 2.64 bits per heavy atom. The van der Waals surface area contributed by atoms with E-state index in [9.17, 15) is 4.55 Å². The maximum Gasteiger partial charge on any atom is 0.166 e. The molecular formula is C7H6BrIOS. The lowest BCUT2D eigenvalue weighted by Gasteiger charge is -2.05. The zero-order valence-corrected chi connectivity index (χ0v) is 10.4. The van der Waals surface area contributed by atoms with Crippen LogP contribution in [-0.2, 0) is 11.2 Å². The lowest BCUT2D eigenvalue weighted by molar-refractivity contribution is 0.600. The van der Waals surface area contributed by atoms with Crippen molar-refractivity contribution in [3.05, 3.63) is 26.2 Å². The summed E-state index contributed by atoms with van der Waals surface area (Å²) in [5.41, 5.74) is 0. The summed E-state index contributed by atoms with van der Waals surface area (Å²) in [7, 11) is 0. The molecule has 60 valence electrons. The first kappa shape index (κ1) is 9.83. The zero-order valence-electron chi connectivity index (χ0n) is 5.80. The normalized spacial score (nSPS) is 13.1. The monoisotopic (exact) mass is 344 g/mol. The van der Waals surface area contributed by atoms with Gasteiger partial charge in [-0.2, -0.15) is 0 Å². The van der Waals surface area contributed by atoms with Gasteiger partial charge in [0.05, 0.1) is 3.57 Å². The highest BCUT2D eigenvalue weighted by atomic mass is 127. The van der Waals surface area contributed by atoms with Crippen LogP contribution in [0.2, 0.25) is 0 Å². The molecule has 0 bridgehead atoms. The second kappa shape index (κ2) is 4.11. The summed E-state index contributed by atoms with van der Waals surface area (Å²) in [4.78, 5) is 0.889. The first-order valence-electron chi connectivity index (χ1n) is 2.90. The van der Waals surface area contributed by atoms with Crippen molar-refractivity contribution >= 4 is 49.7 Å². The van der Waals surface area contributed by atoms with E-state index in [1.807, 2.05) is 18.2 Å². The first-order valence-corrected chi connectivity index (χ1v) is 6.32. The summed E-state index contributed by atoms with van der Waals surface area (Å²) < 4.78 is 13.1. The lowest BCUT2D eigenvalue weighted by atomic mass is 10.4. The molecule has 11 heavy (non-hydrogen) atoms. The molecule has 1 nitrogen and oxygen atoms in total. The Morgan fingerprint density at radius 1 is 1.55 bits per heavy atom. The van der Waals surface area contributed by atoms with Crippen LogP contribution in [0.4, 0.5) is 0 Å². The van der Waals surface area contributed by atoms with E-state index in [-0.39, 0.29) is 0 Å². The lowest BCUT2D eigenvalue weighted by Crippen LogP contribution is -1.99. The summed E-state index contributed by atoms with van der Waals surface area (Å²) in [6, 6.07) is 5.78. The number of hydrogen-bond acceptors (Lipinski definition) is 1. The SMILES string of the molecule is C[S+]([O-])c1cc(Br)ccc1I. The minimum atomic E-state index is -0.888. The van der Waals surface area contributed by atoms with Crippen LogP contribution in [0.3, 0.4) is 0 Å². The van der Waals surface area contributed by atoms with Gasteiger partial charge in [-0.05, 0) is 45.9 Å². The third-order valence-corrected chi connectivity index (χ3v) is 3.96. The van der Waals surface area contributed by atoms with E-state index in [0.29, 0.717) is 0 Å². The van der Waals surface area contributed by atoms with E-state index >= 15 is 0 Å². The van der Waals surface area contributed by atoms with Gasteiger partial charge < -0.3 is 4.55 Å². The maximum atomic E-state index is 11.1. The van der Waals surface area contributed by atoms with Crippen LogP contribution >= 0.6 is 38.5 Å². The van der Waals surface area contributed by atoms with Crippen molar-refractivity contribution in [2.45, 2.75) is 4.90 Å². The molecule has 1 aromatic rings. The smallest absolute Gasteiger partial charge is 0.166 e. The molecule has 0 fully saturated rings. The average molecular weight is 345 g/mol. The average Bonchev–Trinajstić information content (AvgIpc) is 1.94. The summed E-state index contributed by atoms with van der Waals surface area (Å²) in [5.74, 6) is 0. The fourth-order valence-corrected chi connectivity index (χ4v) is 3.11. The molecule has 0 aliphatic heterocycles. The van der Waals surface area contributed by atoms with Crippen molar-refractivity contribution in [2.24, 2.45) is 0 Å². The van der Waals surface area contributed by atoms with Gasteiger partial charge in [-0.25, -0.2) is 0 Å². The van der Waals surface area contributed by atoms with E-state index in [1.165, 1.54) is 0 Å². The molecule has 1 aromatic carbocycles. The number of hydrogen-bond donors (Lipinski definition) is 0. The minimum absolute atomic E-state index is 0.888. The van der Waals surface area contributed by atoms with Crippen molar-refractivity contribution in [1.82, 2.24) is 0 Å². The third-order valence-electron chi connectivity index (χ3n) is 1.20. The minimum Gasteiger partial charge on any atom is -0.612 e. The standard InChI is InChI=1S/C7H6BrIOS/c1-11(10)7-4-5(8)2-3-6(7)9/h2-4H,1H3. The molecule has 1 unspecified atom stereocenters. The van der Waals surface area contributed by atoms with Gasteiger partial charge in [0.25, 0.3) is 0 Å². The van der Waals surface area contributed by atoms with Crippen LogP contribution < -0.4 is 0 Å². The Kier molecular flexibility index (Phi) is 3.67. The van der Waals surface area contributed by atoms with Gasteiger partial charge in [0, 0.05) is 10.5 Å². The van der Waals surface area contributed by atoms with E-state index in [4.69, 9.17) is 0 Å². The van der Waals surface area contributed by atoms with E-state index in [2.05, 4.69) is 38.5 Å². The van der Waals surface area contributed by atoms with Gasteiger partial charge in [-0.3, -0.25) is 0 Å². The molecular weight excluding hydrogens is 339 g/mol. The van der Waals surface area contributed by atoms with Crippen molar-refractivity contribution < 1.29 is 4.55 Å². The van der Waals surface area contributed by atoms with Crippen molar-refractivity contribution in [3.63, 3.8) is 0 Å². The number of rotatable bonds is 1. The van der Waals surface area contributed by atoms with Gasteiger partial charge in [0.1, 0.15) is 6.26 Å². The Labute approximate surface area is 91.0 Å². The predicted octanol–water partition coefficient (Wildman–Crippen LogP) is 2.79. The topological polar surface area (TPSA) is 23.1 Å². The molecule has 0 N–H and O–H groups in total. The fourth-order valence-electron chi connectivity index (χ4n) is 0.697. The molecule has 0 heterocycles. The van der Waals surface area contributed by atoms with Crippen molar-refractivity contribution in [3.8, 4) is 0 Å². The molecule has 0 aromatic heterocycles. The Balaban J connectivity index is 3.13. The van der Waals surface area contributed by atoms with Gasteiger partial charge in [-0.15, -0.1) is 0 Å². The van der Waals surface area contributed by atoms with Crippen molar-refractivity contribution in [1.29, 1.82) is 0 Å². The van der Waals surface area contributed by atoms with E-state index < -0.39 is 11.2 Å². The molecule has 0 aliphatic carbocycles. The van der Waals surface area contributed by atoms with E-state index in [0.717, 1.165) is 12.9 Å². The Bertz CT molecular complexity index is 265. The zero-order chi connectivity index (χ0) is 8.43. The van der Waals surface area contributed by atoms with Gasteiger partial charge >= 0.3 is 0 Å². The Hall–Kier alpha value is 0.740. The molecule has 0 saturated carbocycles. The summed E-state index contributed by atoms with van der Waals surface area (Å²) in [6.45, 7) is 0. The van der Waals surface area contributed by atoms with E-state index in [1.54, 1.807) is 6.26 Å². The van der Waals surface area contributed by atoms with Gasteiger partial charge in [0.15, 0.2) is 4.90 Å². The van der Waals surface area contributed by atoms with Crippen LogP contribution in [0, 0.1) is 3.57 Å². The molecule has 4 heteroatoms. The third kappa shape index (κ3) is 2.61. The second-order valence-corrected chi connectivity index (χ2v) is 5.45. The summed E-state index contributed by atoms with van der Waals surface area (Å²) >= 11 is 4.62. The molecule has 1 rings (SSSR count). The number of benzene rings is 1. The summed E-state index contributed by atoms with van der Waals surface area (Å²) in [6.07, 6.45) is 1.68. The van der Waals surface area contributed by atoms with Gasteiger partial charge in [0.2, 0.25) is 0 Å². The second-order valence-electron chi connectivity index (χ2n) is 2.03. The fraction of sp³-hybridized carbons (Fsp3) is 0.143. The highest BCUT2D eigenvalue weighted by Gasteiger charge is 2.09.